The summed E-state index contributed by atoms with van der Waals surface area (Å²) in [6.07, 6.45) is 3.53. The molecule has 21 heavy (non-hydrogen) atoms. The molecule has 1 aliphatic heterocycles. The van der Waals surface area contributed by atoms with Gasteiger partial charge in [0.25, 0.3) is 5.91 Å². The minimum absolute atomic E-state index is 0.197. The van der Waals surface area contributed by atoms with Crippen LogP contribution >= 0.6 is 33.9 Å². The van der Waals surface area contributed by atoms with Gasteiger partial charge in [0.15, 0.2) is 0 Å². The summed E-state index contributed by atoms with van der Waals surface area (Å²) in [4.78, 5) is 16.6. The van der Waals surface area contributed by atoms with Crippen LogP contribution in [0.4, 0.5) is 0 Å². The second-order valence-electron chi connectivity index (χ2n) is 5.84. The van der Waals surface area contributed by atoms with Crippen molar-refractivity contribution in [1.29, 1.82) is 0 Å². The number of fused-ring (bicyclic) bond motifs is 1. The molecule has 1 atom stereocenters. The summed E-state index contributed by atoms with van der Waals surface area (Å²) < 4.78 is 1.12. The van der Waals surface area contributed by atoms with E-state index in [4.69, 9.17) is 0 Å². The van der Waals surface area contributed by atoms with E-state index in [9.17, 15) is 4.79 Å². The summed E-state index contributed by atoms with van der Waals surface area (Å²) in [5.74, 6) is 0.868. The van der Waals surface area contributed by atoms with E-state index in [1.807, 2.05) is 35.6 Å². The van der Waals surface area contributed by atoms with E-state index >= 15 is 0 Å². The van der Waals surface area contributed by atoms with Crippen LogP contribution < -0.4 is 0 Å². The van der Waals surface area contributed by atoms with Gasteiger partial charge in [-0.05, 0) is 83.0 Å². The number of rotatable bonds is 2. The summed E-state index contributed by atoms with van der Waals surface area (Å²) in [6, 6.07) is 10.5. The van der Waals surface area contributed by atoms with Crippen molar-refractivity contribution in [2.24, 2.45) is 5.92 Å². The highest BCUT2D eigenvalue weighted by Crippen LogP contribution is 2.48. The minimum Gasteiger partial charge on any atom is -0.331 e. The fourth-order valence-electron chi connectivity index (χ4n) is 3.28. The maximum absolute atomic E-state index is 13.0. The van der Waals surface area contributed by atoms with E-state index in [0.717, 1.165) is 22.1 Å². The van der Waals surface area contributed by atoms with Crippen LogP contribution in [0, 0.1) is 9.49 Å². The molecule has 0 radical (unpaired) electrons. The first kappa shape index (κ1) is 13.8. The van der Waals surface area contributed by atoms with E-state index in [0.29, 0.717) is 12.0 Å². The normalized spacial score (nSPS) is 21.2. The number of hydrogen-bond donors (Lipinski definition) is 0. The van der Waals surface area contributed by atoms with Crippen LogP contribution in [-0.2, 0) is 6.42 Å². The Hall–Kier alpha value is -0.880. The van der Waals surface area contributed by atoms with Crippen molar-refractivity contribution < 1.29 is 4.79 Å². The molecule has 1 aliphatic carbocycles. The van der Waals surface area contributed by atoms with Crippen molar-refractivity contribution in [3.63, 3.8) is 0 Å². The van der Waals surface area contributed by atoms with E-state index in [2.05, 4.69) is 38.9 Å². The van der Waals surface area contributed by atoms with Gasteiger partial charge in [-0.25, -0.2) is 0 Å². The Morgan fingerprint density at radius 2 is 2.14 bits per heavy atom. The van der Waals surface area contributed by atoms with Gasteiger partial charge in [0.05, 0.1) is 6.04 Å². The van der Waals surface area contributed by atoms with Gasteiger partial charge >= 0.3 is 0 Å². The van der Waals surface area contributed by atoms with Crippen LogP contribution in [0.3, 0.4) is 0 Å². The summed E-state index contributed by atoms with van der Waals surface area (Å²) in [7, 11) is 0. The molecule has 0 bridgehead atoms. The molecule has 1 amide bonds. The van der Waals surface area contributed by atoms with Crippen LogP contribution in [0.25, 0.3) is 0 Å². The Balaban J connectivity index is 1.69. The van der Waals surface area contributed by atoms with Gasteiger partial charge in [0, 0.05) is 20.6 Å². The third-order valence-electron chi connectivity index (χ3n) is 4.42. The lowest BCUT2D eigenvalue weighted by atomic mass is 9.95. The van der Waals surface area contributed by atoms with Crippen molar-refractivity contribution >= 4 is 39.8 Å². The maximum Gasteiger partial charge on any atom is 0.254 e. The molecule has 4 heteroatoms. The van der Waals surface area contributed by atoms with Gasteiger partial charge in [-0.3, -0.25) is 4.79 Å². The molecule has 2 nitrogen and oxygen atoms in total. The SMILES string of the molecule is O=C(c1cccc(I)c1)N1CCc2sccc2C1C1CC1. The Kier molecular flexibility index (Phi) is 3.53. The molecular formula is C17H16INOS. The topological polar surface area (TPSA) is 20.3 Å². The molecule has 4 rings (SSSR count). The molecule has 1 aromatic heterocycles. The molecule has 0 spiro atoms. The zero-order chi connectivity index (χ0) is 14.4. The third kappa shape index (κ3) is 2.52. The first-order chi connectivity index (χ1) is 10.2. The highest BCUT2D eigenvalue weighted by atomic mass is 127. The van der Waals surface area contributed by atoms with Crippen LogP contribution in [-0.4, -0.2) is 17.4 Å². The Morgan fingerprint density at radius 1 is 1.29 bits per heavy atom. The highest BCUT2D eigenvalue weighted by Gasteiger charge is 2.41. The standard InChI is InChI=1S/C17H16INOS/c18-13-3-1-2-12(10-13)17(20)19-8-6-15-14(7-9-21-15)16(19)11-4-5-11/h1-3,7,9-11,16H,4-6,8H2. The van der Waals surface area contributed by atoms with Crippen molar-refractivity contribution in [2.75, 3.05) is 6.54 Å². The lowest BCUT2D eigenvalue weighted by molar-refractivity contribution is 0.0637. The largest absolute Gasteiger partial charge is 0.331 e. The molecule has 1 fully saturated rings. The summed E-state index contributed by atoms with van der Waals surface area (Å²) in [5, 5.41) is 2.18. The van der Waals surface area contributed by atoms with Gasteiger partial charge in [-0.2, -0.15) is 0 Å². The molecule has 0 saturated heterocycles. The second kappa shape index (κ2) is 5.39. The van der Waals surface area contributed by atoms with Gasteiger partial charge in [-0.1, -0.05) is 6.07 Å². The molecule has 0 N–H and O–H groups in total. The average molecular weight is 409 g/mol. The Labute approximate surface area is 142 Å². The lowest BCUT2D eigenvalue weighted by Crippen LogP contribution is -2.40. The van der Waals surface area contributed by atoms with Gasteiger partial charge in [-0.15, -0.1) is 11.3 Å². The Morgan fingerprint density at radius 3 is 2.90 bits per heavy atom. The van der Waals surface area contributed by atoms with Crippen molar-refractivity contribution in [3.8, 4) is 0 Å². The third-order valence-corrected chi connectivity index (χ3v) is 6.08. The van der Waals surface area contributed by atoms with Crippen LogP contribution in [0.15, 0.2) is 35.7 Å². The van der Waals surface area contributed by atoms with Gasteiger partial charge in [0.2, 0.25) is 0 Å². The monoisotopic (exact) mass is 409 g/mol. The quantitative estimate of drug-likeness (QED) is 0.669. The number of halogens is 1. The molecule has 2 aliphatic rings. The summed E-state index contributed by atoms with van der Waals surface area (Å²) in [5.41, 5.74) is 2.24. The summed E-state index contributed by atoms with van der Waals surface area (Å²) in [6.45, 7) is 0.860. The maximum atomic E-state index is 13.0. The molecule has 1 saturated carbocycles. The molecular weight excluding hydrogens is 393 g/mol. The molecule has 1 unspecified atom stereocenters. The van der Waals surface area contributed by atoms with Crippen molar-refractivity contribution in [2.45, 2.75) is 25.3 Å². The average Bonchev–Trinajstić information content (AvgIpc) is 3.22. The zero-order valence-corrected chi connectivity index (χ0v) is 14.6. The van der Waals surface area contributed by atoms with Crippen LogP contribution in [0.2, 0.25) is 0 Å². The number of carbonyl (C=O) groups excluding carboxylic acids is 1. The summed E-state index contributed by atoms with van der Waals surface area (Å²) >= 11 is 4.12. The van der Waals surface area contributed by atoms with E-state index in [1.165, 1.54) is 23.3 Å². The van der Waals surface area contributed by atoms with Crippen LogP contribution in [0.5, 0.6) is 0 Å². The molecule has 1 aromatic carbocycles. The number of carbonyl (C=O) groups is 1. The van der Waals surface area contributed by atoms with E-state index in [1.54, 1.807) is 0 Å². The smallest absolute Gasteiger partial charge is 0.254 e. The van der Waals surface area contributed by atoms with Gasteiger partial charge < -0.3 is 4.90 Å². The first-order valence-corrected chi connectivity index (χ1v) is 9.32. The van der Waals surface area contributed by atoms with E-state index < -0.39 is 0 Å². The number of thiophene rings is 1. The molecule has 108 valence electrons. The number of hydrogen-bond acceptors (Lipinski definition) is 2. The zero-order valence-electron chi connectivity index (χ0n) is 11.6. The van der Waals surface area contributed by atoms with Crippen LogP contribution in [0.1, 0.15) is 39.7 Å². The minimum atomic E-state index is 0.197. The van der Waals surface area contributed by atoms with Crippen molar-refractivity contribution in [3.05, 3.63) is 55.3 Å². The fourth-order valence-corrected chi connectivity index (χ4v) is 4.74. The number of benzene rings is 1. The predicted molar refractivity (Wildman–Crippen MR) is 93.7 cm³/mol. The Bertz CT molecular complexity index is 692. The predicted octanol–water partition coefficient (Wildman–Crippen LogP) is 4.50. The molecule has 2 aromatic rings. The highest BCUT2D eigenvalue weighted by molar-refractivity contribution is 14.1. The van der Waals surface area contributed by atoms with Gasteiger partial charge in [0.1, 0.15) is 0 Å². The fraction of sp³-hybridized carbons (Fsp3) is 0.353. The second-order valence-corrected chi connectivity index (χ2v) is 8.09. The van der Waals surface area contributed by atoms with Crippen molar-refractivity contribution in [1.82, 2.24) is 4.90 Å². The first-order valence-electron chi connectivity index (χ1n) is 7.37. The molecule has 2 heterocycles. The number of amides is 1. The number of nitrogens with zero attached hydrogens (tertiary/aromatic N) is 1. The lowest BCUT2D eigenvalue weighted by Gasteiger charge is -2.36. The van der Waals surface area contributed by atoms with E-state index in [-0.39, 0.29) is 5.91 Å².